The number of hydrogen-bond acceptors (Lipinski definition) is 5. The highest BCUT2D eigenvalue weighted by atomic mass is 16.5. The molecule has 3 rings (SSSR count). The summed E-state index contributed by atoms with van der Waals surface area (Å²) < 4.78 is 11.3. The van der Waals surface area contributed by atoms with Crippen molar-refractivity contribution >= 4 is 5.82 Å². The third-order valence-corrected chi connectivity index (χ3v) is 4.14. The first-order chi connectivity index (χ1) is 11.1. The van der Waals surface area contributed by atoms with E-state index in [4.69, 9.17) is 14.5 Å². The summed E-state index contributed by atoms with van der Waals surface area (Å²) in [6, 6.07) is 6.05. The van der Waals surface area contributed by atoms with Crippen LogP contribution in [0.1, 0.15) is 17.0 Å². The van der Waals surface area contributed by atoms with Gasteiger partial charge >= 0.3 is 0 Å². The predicted octanol–water partition coefficient (Wildman–Crippen LogP) is 2.65. The summed E-state index contributed by atoms with van der Waals surface area (Å²) in [5, 5.41) is 0. The Morgan fingerprint density at radius 2 is 2.17 bits per heavy atom. The average Bonchev–Trinajstić information content (AvgIpc) is 2.55. The van der Waals surface area contributed by atoms with Crippen molar-refractivity contribution in [2.45, 2.75) is 19.8 Å². The number of hydrogen-bond donors (Lipinski definition) is 0. The van der Waals surface area contributed by atoms with Gasteiger partial charge in [0, 0.05) is 38.2 Å². The molecule has 1 aromatic heterocycles. The van der Waals surface area contributed by atoms with Gasteiger partial charge in [-0.05, 0) is 25.0 Å². The number of aromatic nitrogens is 2. The van der Waals surface area contributed by atoms with E-state index in [0.29, 0.717) is 12.5 Å². The van der Waals surface area contributed by atoms with E-state index in [9.17, 15) is 0 Å². The Balaban J connectivity index is 1.76. The van der Waals surface area contributed by atoms with E-state index in [0.717, 1.165) is 41.5 Å². The Bertz CT molecular complexity index is 701. The lowest BCUT2D eigenvalue weighted by molar-refractivity contribution is 0.209. The molecule has 0 unspecified atom stereocenters. The molecule has 0 saturated heterocycles. The minimum Gasteiger partial charge on any atom is -0.493 e. The van der Waals surface area contributed by atoms with Gasteiger partial charge in [0.05, 0.1) is 13.7 Å². The minimum atomic E-state index is 0.382. The largest absolute Gasteiger partial charge is 0.493 e. The summed E-state index contributed by atoms with van der Waals surface area (Å²) in [6.45, 7) is 2.70. The van der Waals surface area contributed by atoms with E-state index >= 15 is 0 Å². The first kappa shape index (κ1) is 15.6. The Hall–Kier alpha value is -2.30. The Kier molecular flexibility index (Phi) is 4.37. The SMILES string of the molecule is COc1cccc2c1OC[C@@H](Cc1ncc(C)c(N(C)C)n1)C2. The lowest BCUT2D eigenvalue weighted by Crippen LogP contribution is -2.24. The second kappa shape index (κ2) is 6.44. The van der Waals surface area contributed by atoms with E-state index in [-0.39, 0.29) is 0 Å². The predicted molar refractivity (Wildman–Crippen MR) is 90.5 cm³/mol. The molecule has 0 bridgehead atoms. The van der Waals surface area contributed by atoms with E-state index in [1.807, 2.05) is 44.2 Å². The summed E-state index contributed by atoms with van der Waals surface area (Å²) in [7, 11) is 5.69. The quantitative estimate of drug-likeness (QED) is 0.868. The van der Waals surface area contributed by atoms with Gasteiger partial charge in [0.15, 0.2) is 11.5 Å². The maximum atomic E-state index is 5.94. The van der Waals surface area contributed by atoms with Gasteiger partial charge < -0.3 is 14.4 Å². The number of aryl methyl sites for hydroxylation is 1. The Morgan fingerprint density at radius 3 is 2.91 bits per heavy atom. The van der Waals surface area contributed by atoms with Crippen LogP contribution in [0.3, 0.4) is 0 Å². The van der Waals surface area contributed by atoms with Crippen molar-refractivity contribution in [3.8, 4) is 11.5 Å². The van der Waals surface area contributed by atoms with Crippen LogP contribution in [0.15, 0.2) is 24.4 Å². The molecule has 1 aliphatic rings. The molecule has 2 aromatic rings. The number of methoxy groups -OCH3 is 1. The summed E-state index contributed by atoms with van der Waals surface area (Å²) in [6.07, 6.45) is 3.68. The topological polar surface area (TPSA) is 47.5 Å². The molecular weight excluding hydrogens is 290 g/mol. The lowest BCUT2D eigenvalue weighted by Gasteiger charge is -2.26. The van der Waals surface area contributed by atoms with Crippen molar-refractivity contribution in [3.63, 3.8) is 0 Å². The van der Waals surface area contributed by atoms with Crippen LogP contribution in [-0.4, -0.2) is 37.8 Å². The molecule has 1 atom stereocenters. The van der Waals surface area contributed by atoms with Crippen LogP contribution in [0.4, 0.5) is 5.82 Å². The maximum Gasteiger partial charge on any atom is 0.164 e. The molecule has 0 saturated carbocycles. The number of benzene rings is 1. The highest BCUT2D eigenvalue weighted by molar-refractivity contribution is 5.48. The van der Waals surface area contributed by atoms with Crippen molar-refractivity contribution in [3.05, 3.63) is 41.3 Å². The van der Waals surface area contributed by atoms with Gasteiger partial charge in [-0.3, -0.25) is 0 Å². The van der Waals surface area contributed by atoms with Gasteiger partial charge in [0.2, 0.25) is 0 Å². The first-order valence-corrected chi connectivity index (χ1v) is 7.87. The monoisotopic (exact) mass is 313 g/mol. The smallest absolute Gasteiger partial charge is 0.164 e. The molecule has 5 nitrogen and oxygen atoms in total. The van der Waals surface area contributed by atoms with Gasteiger partial charge in [-0.25, -0.2) is 9.97 Å². The van der Waals surface area contributed by atoms with E-state index < -0.39 is 0 Å². The molecule has 0 N–H and O–H groups in total. The van der Waals surface area contributed by atoms with Crippen molar-refractivity contribution in [1.82, 2.24) is 9.97 Å². The van der Waals surface area contributed by atoms with Gasteiger partial charge in [-0.15, -0.1) is 0 Å². The van der Waals surface area contributed by atoms with Crippen LogP contribution in [0.25, 0.3) is 0 Å². The second-order valence-corrected chi connectivity index (χ2v) is 6.22. The van der Waals surface area contributed by atoms with E-state index in [1.54, 1.807) is 7.11 Å². The number of para-hydroxylation sites is 1. The van der Waals surface area contributed by atoms with Crippen LogP contribution >= 0.6 is 0 Å². The van der Waals surface area contributed by atoms with Crippen LogP contribution in [-0.2, 0) is 12.8 Å². The summed E-state index contributed by atoms with van der Waals surface area (Å²) in [5.74, 6) is 3.92. The zero-order valence-corrected chi connectivity index (χ0v) is 14.2. The number of rotatable bonds is 4. The molecule has 0 spiro atoms. The fourth-order valence-electron chi connectivity index (χ4n) is 3.03. The molecule has 0 aliphatic carbocycles. The second-order valence-electron chi connectivity index (χ2n) is 6.22. The Morgan fingerprint density at radius 1 is 1.35 bits per heavy atom. The summed E-state index contributed by atoms with van der Waals surface area (Å²) in [5.41, 5.74) is 2.29. The molecule has 2 heterocycles. The van der Waals surface area contributed by atoms with Gasteiger partial charge in [0.1, 0.15) is 11.6 Å². The van der Waals surface area contributed by atoms with Crippen molar-refractivity contribution in [1.29, 1.82) is 0 Å². The van der Waals surface area contributed by atoms with E-state index in [2.05, 4.69) is 11.1 Å². The lowest BCUT2D eigenvalue weighted by atomic mass is 9.93. The van der Waals surface area contributed by atoms with Gasteiger partial charge in [-0.1, -0.05) is 12.1 Å². The molecule has 1 aromatic carbocycles. The summed E-state index contributed by atoms with van der Waals surface area (Å²) in [4.78, 5) is 11.2. The van der Waals surface area contributed by atoms with Crippen molar-refractivity contribution in [2.75, 3.05) is 32.7 Å². The average molecular weight is 313 g/mol. The zero-order valence-electron chi connectivity index (χ0n) is 14.2. The molecule has 23 heavy (non-hydrogen) atoms. The minimum absolute atomic E-state index is 0.382. The third-order valence-electron chi connectivity index (χ3n) is 4.14. The number of anilines is 1. The highest BCUT2D eigenvalue weighted by Crippen LogP contribution is 2.36. The summed E-state index contributed by atoms with van der Waals surface area (Å²) >= 11 is 0. The van der Waals surface area contributed by atoms with E-state index in [1.165, 1.54) is 5.56 Å². The molecule has 5 heteroatoms. The number of fused-ring (bicyclic) bond motifs is 1. The van der Waals surface area contributed by atoms with Crippen LogP contribution in [0.2, 0.25) is 0 Å². The van der Waals surface area contributed by atoms with Gasteiger partial charge in [-0.2, -0.15) is 0 Å². The fraction of sp³-hybridized carbons (Fsp3) is 0.444. The first-order valence-electron chi connectivity index (χ1n) is 7.87. The molecular formula is C18H23N3O2. The van der Waals surface area contributed by atoms with Crippen molar-refractivity contribution in [2.24, 2.45) is 5.92 Å². The third kappa shape index (κ3) is 3.23. The fourth-order valence-corrected chi connectivity index (χ4v) is 3.03. The van der Waals surface area contributed by atoms with Gasteiger partial charge in [0.25, 0.3) is 0 Å². The molecule has 0 amide bonds. The van der Waals surface area contributed by atoms with Crippen LogP contribution in [0, 0.1) is 12.8 Å². The normalized spacial score (nSPS) is 16.4. The number of ether oxygens (including phenoxy) is 2. The van der Waals surface area contributed by atoms with Crippen molar-refractivity contribution < 1.29 is 9.47 Å². The maximum absolute atomic E-state index is 5.94. The van der Waals surface area contributed by atoms with Crippen LogP contribution < -0.4 is 14.4 Å². The molecule has 0 fully saturated rings. The molecule has 1 aliphatic heterocycles. The highest BCUT2D eigenvalue weighted by Gasteiger charge is 2.24. The zero-order chi connectivity index (χ0) is 16.4. The van der Waals surface area contributed by atoms with Crippen LogP contribution in [0.5, 0.6) is 11.5 Å². The molecule has 0 radical (unpaired) electrons. The Labute approximate surface area is 137 Å². The standard InChI is InChI=1S/C18H23N3O2/c1-12-10-19-16(20-18(12)21(2)3)9-13-8-14-6-5-7-15(22-4)17(14)23-11-13/h5-7,10,13H,8-9,11H2,1-4H3/t13-/m1/s1. The molecule has 122 valence electrons. The number of nitrogens with zero attached hydrogens (tertiary/aromatic N) is 3.